The van der Waals surface area contributed by atoms with E-state index in [-0.39, 0.29) is 0 Å². The Morgan fingerprint density at radius 2 is 1.81 bits per heavy atom. The van der Waals surface area contributed by atoms with Crippen molar-refractivity contribution >= 4 is 21.4 Å². The molecule has 7 heteroatoms. The highest BCUT2D eigenvalue weighted by atomic mass is 32.2. The molecule has 1 aromatic carbocycles. The third kappa shape index (κ3) is 3.75. The minimum absolute atomic E-state index is 0.291. The third-order valence-electron chi connectivity index (χ3n) is 4.61. The van der Waals surface area contributed by atoms with Crippen LogP contribution < -0.4 is 4.72 Å². The maximum atomic E-state index is 12.8. The van der Waals surface area contributed by atoms with Gasteiger partial charge < -0.3 is 0 Å². The molecule has 1 N–H and O–H groups in total. The number of aromatic nitrogens is 2. The van der Waals surface area contributed by atoms with Gasteiger partial charge in [0.2, 0.25) is 10.0 Å². The molecule has 2 aromatic heterocycles. The number of rotatable bonds is 6. The van der Waals surface area contributed by atoms with Gasteiger partial charge in [0, 0.05) is 12.7 Å². The number of hydrogen-bond donors (Lipinski definition) is 1. The van der Waals surface area contributed by atoms with Crippen molar-refractivity contribution in [3.05, 3.63) is 58.1 Å². The summed E-state index contributed by atoms with van der Waals surface area (Å²) in [6, 6.07) is 7.98. The van der Waals surface area contributed by atoms with Gasteiger partial charge in [-0.05, 0) is 67.5 Å². The summed E-state index contributed by atoms with van der Waals surface area (Å²) in [4.78, 5) is 1.50. The normalized spacial score (nSPS) is 11.8. The molecule has 0 unspecified atom stereocenters. The second kappa shape index (κ2) is 7.34. The molecular weight excluding hydrogens is 366 g/mol. The van der Waals surface area contributed by atoms with Crippen LogP contribution in [0.25, 0.3) is 10.6 Å². The lowest BCUT2D eigenvalue weighted by atomic mass is 10.0. The fourth-order valence-electron chi connectivity index (χ4n) is 2.99. The SMILES string of the molecule is Cc1cc(C)c(C)c(S(=O)(=O)NCCn2ccc(-c3cccs3)n2)c1C. The molecule has 0 aliphatic heterocycles. The van der Waals surface area contributed by atoms with Gasteiger partial charge in [-0.1, -0.05) is 12.1 Å². The summed E-state index contributed by atoms with van der Waals surface area (Å²) in [6.45, 7) is 8.37. The van der Waals surface area contributed by atoms with Crippen molar-refractivity contribution in [3.63, 3.8) is 0 Å². The van der Waals surface area contributed by atoms with E-state index in [1.165, 1.54) is 0 Å². The predicted molar refractivity (Wildman–Crippen MR) is 106 cm³/mol. The molecular formula is C19H23N3O2S2. The molecule has 3 rings (SSSR count). The zero-order chi connectivity index (χ0) is 18.9. The molecule has 0 amide bonds. The summed E-state index contributed by atoms with van der Waals surface area (Å²) in [5.74, 6) is 0. The highest BCUT2D eigenvalue weighted by molar-refractivity contribution is 7.89. The van der Waals surface area contributed by atoms with Crippen molar-refractivity contribution < 1.29 is 8.42 Å². The first-order valence-corrected chi connectivity index (χ1v) is 10.8. The monoisotopic (exact) mass is 389 g/mol. The Bertz CT molecular complexity index is 993. The first-order valence-electron chi connectivity index (χ1n) is 8.44. The van der Waals surface area contributed by atoms with E-state index in [9.17, 15) is 8.42 Å². The Balaban J connectivity index is 1.72. The van der Waals surface area contributed by atoms with Crippen LogP contribution in [0.5, 0.6) is 0 Å². The molecule has 3 aromatic rings. The van der Waals surface area contributed by atoms with Gasteiger partial charge in [-0.15, -0.1) is 11.3 Å². The topological polar surface area (TPSA) is 64.0 Å². The predicted octanol–water partition coefficient (Wildman–Crippen LogP) is 3.82. The average Bonchev–Trinajstić information content (AvgIpc) is 3.24. The minimum Gasteiger partial charge on any atom is -0.271 e. The molecule has 0 atom stereocenters. The van der Waals surface area contributed by atoms with E-state index < -0.39 is 10.0 Å². The molecule has 0 bridgehead atoms. The molecule has 0 aliphatic rings. The van der Waals surface area contributed by atoms with Crippen LogP contribution in [0.2, 0.25) is 0 Å². The second-order valence-electron chi connectivity index (χ2n) is 6.43. The van der Waals surface area contributed by atoms with Gasteiger partial charge >= 0.3 is 0 Å². The number of benzene rings is 1. The number of thiophene rings is 1. The lowest BCUT2D eigenvalue weighted by Gasteiger charge is -2.16. The summed E-state index contributed by atoms with van der Waals surface area (Å²) in [5.41, 5.74) is 4.49. The van der Waals surface area contributed by atoms with Gasteiger partial charge in [0.25, 0.3) is 0 Å². The Kier molecular flexibility index (Phi) is 5.32. The van der Waals surface area contributed by atoms with Gasteiger partial charge in [0.1, 0.15) is 5.69 Å². The molecule has 0 fully saturated rings. The molecule has 26 heavy (non-hydrogen) atoms. The number of nitrogens with one attached hydrogen (secondary N) is 1. The fourth-order valence-corrected chi connectivity index (χ4v) is 5.32. The fraction of sp³-hybridized carbons (Fsp3) is 0.316. The van der Waals surface area contributed by atoms with Crippen LogP contribution in [0, 0.1) is 27.7 Å². The van der Waals surface area contributed by atoms with Crippen LogP contribution in [0.4, 0.5) is 0 Å². The maximum absolute atomic E-state index is 12.8. The zero-order valence-corrected chi connectivity index (χ0v) is 17.0. The Morgan fingerprint density at radius 1 is 1.12 bits per heavy atom. The minimum atomic E-state index is -3.56. The van der Waals surface area contributed by atoms with Crippen LogP contribution >= 0.6 is 11.3 Å². The molecule has 138 valence electrons. The number of aryl methyl sites for hydroxylation is 2. The van der Waals surface area contributed by atoms with Crippen LogP contribution in [-0.2, 0) is 16.6 Å². The summed E-state index contributed by atoms with van der Waals surface area (Å²) < 4.78 is 30.1. The number of sulfonamides is 1. The summed E-state index contributed by atoms with van der Waals surface area (Å²) in [6.07, 6.45) is 1.87. The van der Waals surface area contributed by atoms with Crippen LogP contribution in [0.15, 0.2) is 40.7 Å². The zero-order valence-electron chi connectivity index (χ0n) is 15.4. The number of hydrogen-bond acceptors (Lipinski definition) is 4. The molecule has 0 saturated carbocycles. The van der Waals surface area contributed by atoms with Crippen LogP contribution in [0.3, 0.4) is 0 Å². The Morgan fingerprint density at radius 3 is 2.42 bits per heavy atom. The second-order valence-corrected chi connectivity index (χ2v) is 9.08. The summed E-state index contributed by atoms with van der Waals surface area (Å²) in [5, 5.41) is 6.51. The molecule has 0 spiro atoms. The molecule has 5 nitrogen and oxygen atoms in total. The van der Waals surface area contributed by atoms with E-state index in [4.69, 9.17) is 0 Å². The molecule has 0 radical (unpaired) electrons. The van der Waals surface area contributed by atoms with Gasteiger partial charge in [-0.25, -0.2) is 13.1 Å². The van der Waals surface area contributed by atoms with Crippen molar-refractivity contribution in [3.8, 4) is 10.6 Å². The molecule has 0 aliphatic carbocycles. The van der Waals surface area contributed by atoms with E-state index in [2.05, 4.69) is 9.82 Å². The number of nitrogens with zero attached hydrogens (tertiary/aromatic N) is 2. The standard InChI is InChI=1S/C19H23N3O2S2/c1-13-12-14(2)16(4)19(15(13)3)26(23,24)20-8-10-22-9-7-17(21-22)18-6-5-11-25-18/h5-7,9,11-12,20H,8,10H2,1-4H3. The first-order chi connectivity index (χ1) is 12.3. The van der Waals surface area contributed by atoms with Gasteiger partial charge in [0.05, 0.1) is 16.3 Å². The van der Waals surface area contributed by atoms with Crippen molar-refractivity contribution in [1.82, 2.24) is 14.5 Å². The van der Waals surface area contributed by atoms with E-state index in [0.717, 1.165) is 32.8 Å². The lowest BCUT2D eigenvalue weighted by Crippen LogP contribution is -2.29. The maximum Gasteiger partial charge on any atom is 0.241 e. The third-order valence-corrected chi connectivity index (χ3v) is 7.24. The van der Waals surface area contributed by atoms with Gasteiger partial charge in [-0.2, -0.15) is 5.10 Å². The highest BCUT2D eigenvalue weighted by Crippen LogP contribution is 2.26. The Hall–Kier alpha value is -1.96. The van der Waals surface area contributed by atoms with Crippen molar-refractivity contribution in [2.75, 3.05) is 6.54 Å². The quantitative estimate of drug-likeness (QED) is 0.697. The van der Waals surface area contributed by atoms with Gasteiger partial charge in [0.15, 0.2) is 0 Å². The highest BCUT2D eigenvalue weighted by Gasteiger charge is 2.21. The van der Waals surface area contributed by atoms with Crippen molar-refractivity contribution in [2.24, 2.45) is 0 Å². The van der Waals surface area contributed by atoms with E-state index in [1.54, 1.807) is 16.0 Å². The van der Waals surface area contributed by atoms with Crippen molar-refractivity contribution in [2.45, 2.75) is 39.1 Å². The van der Waals surface area contributed by atoms with Gasteiger partial charge in [-0.3, -0.25) is 4.68 Å². The first kappa shape index (κ1) is 18.8. The average molecular weight is 390 g/mol. The lowest BCUT2D eigenvalue weighted by molar-refractivity contribution is 0.560. The summed E-state index contributed by atoms with van der Waals surface area (Å²) >= 11 is 1.63. The van der Waals surface area contributed by atoms with E-state index in [1.807, 2.05) is 63.5 Å². The van der Waals surface area contributed by atoms with Crippen LogP contribution in [-0.4, -0.2) is 24.7 Å². The largest absolute Gasteiger partial charge is 0.271 e. The molecule has 2 heterocycles. The van der Waals surface area contributed by atoms with Crippen molar-refractivity contribution in [1.29, 1.82) is 0 Å². The van der Waals surface area contributed by atoms with E-state index >= 15 is 0 Å². The van der Waals surface area contributed by atoms with Crippen LogP contribution in [0.1, 0.15) is 22.3 Å². The smallest absolute Gasteiger partial charge is 0.241 e. The van der Waals surface area contributed by atoms with E-state index in [0.29, 0.717) is 18.0 Å². The molecule has 0 saturated heterocycles. The summed E-state index contributed by atoms with van der Waals surface area (Å²) in [7, 11) is -3.56. The Labute approximate surface area is 158 Å².